The minimum absolute atomic E-state index is 0.0209. The summed E-state index contributed by atoms with van der Waals surface area (Å²) < 4.78 is 0. The van der Waals surface area contributed by atoms with Gasteiger partial charge in [-0.15, -0.1) is 0 Å². The monoisotopic (exact) mass is 179 g/mol. The van der Waals surface area contributed by atoms with Gasteiger partial charge in [0, 0.05) is 17.8 Å². The van der Waals surface area contributed by atoms with Crippen molar-refractivity contribution in [1.82, 2.24) is 4.98 Å². The van der Waals surface area contributed by atoms with Gasteiger partial charge in [-0.3, -0.25) is 0 Å². The van der Waals surface area contributed by atoms with E-state index in [1.807, 2.05) is 13.0 Å². The predicted octanol–water partition coefficient (Wildman–Crippen LogP) is 1.63. The summed E-state index contributed by atoms with van der Waals surface area (Å²) in [6, 6.07) is 1.99. The molecule has 1 atom stereocenters. The van der Waals surface area contributed by atoms with Crippen molar-refractivity contribution in [1.29, 1.82) is 0 Å². The first-order valence-corrected chi connectivity index (χ1v) is 4.50. The van der Waals surface area contributed by atoms with Gasteiger partial charge >= 0.3 is 0 Å². The highest BCUT2D eigenvalue weighted by Gasteiger charge is 2.13. The first-order chi connectivity index (χ1) is 6.02. The maximum atomic E-state index is 5.99. The number of hydrogen-bond donors (Lipinski definition) is 2. The highest BCUT2D eigenvalue weighted by Crippen LogP contribution is 2.23. The first-order valence-electron chi connectivity index (χ1n) is 4.50. The van der Waals surface area contributed by atoms with Crippen molar-refractivity contribution in [2.75, 3.05) is 5.73 Å². The minimum atomic E-state index is -0.0209. The number of nitrogens with zero attached hydrogens (tertiary/aromatic N) is 1. The molecule has 0 fully saturated rings. The maximum absolute atomic E-state index is 5.99. The quantitative estimate of drug-likeness (QED) is 0.725. The Hall–Kier alpha value is -1.09. The zero-order chi connectivity index (χ0) is 10.0. The van der Waals surface area contributed by atoms with E-state index in [1.54, 1.807) is 6.20 Å². The average Bonchev–Trinajstić information content (AvgIpc) is 2.08. The fourth-order valence-electron chi connectivity index (χ4n) is 1.23. The van der Waals surface area contributed by atoms with Crippen LogP contribution in [0.1, 0.15) is 31.0 Å². The third kappa shape index (κ3) is 2.18. The van der Waals surface area contributed by atoms with E-state index in [9.17, 15) is 0 Å². The molecule has 0 aliphatic carbocycles. The van der Waals surface area contributed by atoms with Crippen molar-refractivity contribution in [2.45, 2.75) is 26.8 Å². The average molecular weight is 179 g/mol. The molecule has 0 radical (unpaired) electrons. The number of rotatable bonds is 2. The van der Waals surface area contributed by atoms with E-state index >= 15 is 0 Å². The predicted molar refractivity (Wildman–Crippen MR) is 55.2 cm³/mol. The third-order valence-electron chi connectivity index (χ3n) is 2.16. The number of aromatic nitrogens is 1. The fourth-order valence-corrected chi connectivity index (χ4v) is 1.23. The van der Waals surface area contributed by atoms with Crippen molar-refractivity contribution < 1.29 is 0 Å². The Bertz CT molecular complexity index is 294. The largest absolute Gasteiger partial charge is 0.383 e. The second-order valence-corrected chi connectivity index (χ2v) is 3.76. The molecule has 1 unspecified atom stereocenters. The van der Waals surface area contributed by atoms with E-state index in [0.717, 1.165) is 11.1 Å². The Morgan fingerprint density at radius 3 is 2.54 bits per heavy atom. The standard InChI is InChI=1S/C10H17N3/c1-6(2)9(11)8-4-7(3)5-13-10(8)12/h4-6,9H,11H2,1-3H3,(H2,12,13). The molecule has 0 aliphatic rings. The second kappa shape index (κ2) is 3.75. The van der Waals surface area contributed by atoms with E-state index in [4.69, 9.17) is 11.5 Å². The van der Waals surface area contributed by atoms with Crippen LogP contribution in [0.3, 0.4) is 0 Å². The molecule has 0 aromatic carbocycles. The lowest BCUT2D eigenvalue weighted by molar-refractivity contribution is 0.514. The lowest BCUT2D eigenvalue weighted by atomic mass is 9.97. The third-order valence-corrected chi connectivity index (χ3v) is 2.16. The van der Waals surface area contributed by atoms with Crippen molar-refractivity contribution >= 4 is 5.82 Å². The van der Waals surface area contributed by atoms with Crippen LogP contribution in [0.15, 0.2) is 12.3 Å². The molecule has 3 nitrogen and oxygen atoms in total. The summed E-state index contributed by atoms with van der Waals surface area (Å²) in [6.07, 6.45) is 1.76. The second-order valence-electron chi connectivity index (χ2n) is 3.76. The number of nitrogens with two attached hydrogens (primary N) is 2. The van der Waals surface area contributed by atoms with Gasteiger partial charge in [0.15, 0.2) is 0 Å². The number of anilines is 1. The van der Waals surface area contributed by atoms with E-state index in [2.05, 4.69) is 18.8 Å². The number of nitrogen functional groups attached to an aromatic ring is 1. The van der Waals surface area contributed by atoms with Gasteiger partial charge in [-0.05, 0) is 24.5 Å². The van der Waals surface area contributed by atoms with Crippen LogP contribution in [-0.2, 0) is 0 Å². The fraction of sp³-hybridized carbons (Fsp3) is 0.500. The molecule has 0 bridgehead atoms. The van der Waals surface area contributed by atoms with E-state index in [-0.39, 0.29) is 6.04 Å². The van der Waals surface area contributed by atoms with E-state index < -0.39 is 0 Å². The van der Waals surface area contributed by atoms with Crippen LogP contribution in [0.5, 0.6) is 0 Å². The molecule has 1 heterocycles. The molecule has 0 saturated carbocycles. The Morgan fingerprint density at radius 1 is 1.38 bits per heavy atom. The van der Waals surface area contributed by atoms with Crippen molar-refractivity contribution in [2.24, 2.45) is 11.7 Å². The van der Waals surface area contributed by atoms with Gasteiger partial charge in [0.05, 0.1) is 0 Å². The summed E-state index contributed by atoms with van der Waals surface area (Å²) in [5, 5.41) is 0. The molecule has 13 heavy (non-hydrogen) atoms. The lowest BCUT2D eigenvalue weighted by Crippen LogP contribution is -2.19. The lowest BCUT2D eigenvalue weighted by Gasteiger charge is -2.17. The number of hydrogen-bond acceptors (Lipinski definition) is 3. The van der Waals surface area contributed by atoms with Crippen LogP contribution in [0.2, 0.25) is 0 Å². The van der Waals surface area contributed by atoms with Crippen molar-refractivity contribution in [3.8, 4) is 0 Å². The van der Waals surface area contributed by atoms with Crippen molar-refractivity contribution in [3.63, 3.8) is 0 Å². The first kappa shape index (κ1) is 9.99. The molecule has 1 aromatic heterocycles. The molecule has 1 rings (SSSR count). The van der Waals surface area contributed by atoms with Gasteiger partial charge in [0.1, 0.15) is 5.82 Å². The molecule has 72 valence electrons. The number of aryl methyl sites for hydroxylation is 1. The highest BCUT2D eigenvalue weighted by atomic mass is 14.8. The normalized spacial score (nSPS) is 13.3. The van der Waals surface area contributed by atoms with Gasteiger partial charge in [0.25, 0.3) is 0 Å². The summed E-state index contributed by atoms with van der Waals surface area (Å²) >= 11 is 0. The molecule has 4 N–H and O–H groups in total. The molecule has 0 aliphatic heterocycles. The van der Waals surface area contributed by atoms with Crippen LogP contribution in [0, 0.1) is 12.8 Å². The maximum Gasteiger partial charge on any atom is 0.128 e. The van der Waals surface area contributed by atoms with Gasteiger partial charge in [0.2, 0.25) is 0 Å². The molecule has 0 saturated heterocycles. The topological polar surface area (TPSA) is 64.9 Å². The molecule has 1 aromatic rings. The van der Waals surface area contributed by atoms with Crippen LogP contribution in [-0.4, -0.2) is 4.98 Å². The summed E-state index contributed by atoms with van der Waals surface area (Å²) in [6.45, 7) is 6.14. The van der Waals surface area contributed by atoms with Crippen LogP contribution < -0.4 is 11.5 Å². The highest BCUT2D eigenvalue weighted by molar-refractivity contribution is 5.42. The van der Waals surface area contributed by atoms with Gasteiger partial charge < -0.3 is 11.5 Å². The molecule has 0 spiro atoms. The zero-order valence-corrected chi connectivity index (χ0v) is 8.41. The summed E-state index contributed by atoms with van der Waals surface area (Å²) in [4.78, 5) is 4.08. The van der Waals surface area contributed by atoms with Gasteiger partial charge in [-0.1, -0.05) is 13.8 Å². The van der Waals surface area contributed by atoms with E-state index in [1.165, 1.54) is 0 Å². The van der Waals surface area contributed by atoms with E-state index in [0.29, 0.717) is 11.7 Å². The Kier molecular flexibility index (Phi) is 2.88. The Balaban J connectivity index is 3.05. The smallest absolute Gasteiger partial charge is 0.128 e. The van der Waals surface area contributed by atoms with Gasteiger partial charge in [-0.2, -0.15) is 0 Å². The summed E-state index contributed by atoms with van der Waals surface area (Å²) in [5.74, 6) is 0.928. The van der Waals surface area contributed by atoms with Crippen LogP contribution >= 0.6 is 0 Å². The molecule has 0 amide bonds. The molecular formula is C10H17N3. The Morgan fingerprint density at radius 2 is 2.00 bits per heavy atom. The van der Waals surface area contributed by atoms with Crippen LogP contribution in [0.25, 0.3) is 0 Å². The van der Waals surface area contributed by atoms with Crippen molar-refractivity contribution in [3.05, 3.63) is 23.4 Å². The molecular weight excluding hydrogens is 162 g/mol. The van der Waals surface area contributed by atoms with Crippen LogP contribution in [0.4, 0.5) is 5.82 Å². The van der Waals surface area contributed by atoms with Gasteiger partial charge in [-0.25, -0.2) is 4.98 Å². The summed E-state index contributed by atoms with van der Waals surface area (Å²) in [5.41, 5.74) is 13.8. The number of pyridine rings is 1. The SMILES string of the molecule is Cc1cnc(N)c(C(N)C(C)C)c1. The minimum Gasteiger partial charge on any atom is -0.383 e. The zero-order valence-electron chi connectivity index (χ0n) is 8.41. The summed E-state index contributed by atoms with van der Waals surface area (Å²) in [7, 11) is 0. The molecule has 3 heteroatoms. The Labute approximate surface area is 79.2 Å².